The van der Waals surface area contributed by atoms with Crippen molar-refractivity contribution in [1.82, 2.24) is 9.78 Å². The maximum absolute atomic E-state index is 13.6. The average molecular weight is 456 g/mol. The molecular formula is C26H25N5O3. The molecule has 2 N–H and O–H groups in total. The normalized spacial score (nSPS) is 16.4. The number of nitrogens with two attached hydrogens (primary N) is 1. The monoisotopic (exact) mass is 455 g/mol. The Morgan fingerprint density at radius 3 is 2.38 bits per heavy atom. The van der Waals surface area contributed by atoms with Crippen molar-refractivity contribution in [2.45, 2.75) is 37.5 Å². The van der Waals surface area contributed by atoms with Crippen LogP contribution in [0.25, 0.3) is 5.69 Å². The van der Waals surface area contributed by atoms with E-state index in [4.69, 9.17) is 10.5 Å². The number of carbonyl (C=O) groups excluding carboxylic acids is 2. The molecule has 0 radical (unpaired) electrons. The lowest BCUT2D eigenvalue weighted by molar-refractivity contribution is -0.120. The summed E-state index contributed by atoms with van der Waals surface area (Å²) in [7, 11) is 1.59. The second-order valence-electron chi connectivity index (χ2n) is 8.93. The molecule has 2 aliphatic rings. The molecule has 0 saturated heterocycles. The van der Waals surface area contributed by atoms with Gasteiger partial charge in [0.15, 0.2) is 5.69 Å². The third-order valence-corrected chi connectivity index (χ3v) is 7.05. The van der Waals surface area contributed by atoms with Crippen LogP contribution in [0.1, 0.15) is 53.0 Å². The number of hydrogen-bond acceptors (Lipinski definition) is 5. The number of ether oxygens (including phenoxy) is 1. The van der Waals surface area contributed by atoms with Crippen molar-refractivity contribution in [2.75, 3.05) is 18.6 Å². The van der Waals surface area contributed by atoms with Gasteiger partial charge >= 0.3 is 0 Å². The van der Waals surface area contributed by atoms with Gasteiger partial charge in [-0.05, 0) is 61.2 Å². The van der Waals surface area contributed by atoms with Crippen molar-refractivity contribution in [3.8, 4) is 17.5 Å². The molecule has 2 heterocycles. The van der Waals surface area contributed by atoms with Crippen molar-refractivity contribution in [3.63, 3.8) is 0 Å². The first-order valence-electron chi connectivity index (χ1n) is 11.3. The van der Waals surface area contributed by atoms with Crippen LogP contribution in [0.15, 0.2) is 48.5 Å². The first kappa shape index (κ1) is 21.7. The van der Waals surface area contributed by atoms with Crippen LogP contribution in [0.3, 0.4) is 0 Å². The molecule has 2 aromatic carbocycles. The predicted octanol–water partition coefficient (Wildman–Crippen LogP) is 3.25. The number of nitriles is 1. The van der Waals surface area contributed by atoms with E-state index in [0.717, 1.165) is 30.5 Å². The fourth-order valence-electron chi connectivity index (χ4n) is 5.11. The summed E-state index contributed by atoms with van der Waals surface area (Å²) in [5.74, 6) is 0.204. The number of amides is 2. The highest BCUT2D eigenvalue weighted by atomic mass is 16.5. The summed E-state index contributed by atoms with van der Waals surface area (Å²) >= 11 is 0. The SMILES string of the molecule is COc1ccc(-n2nc(C#N)c3c2C(=O)N(c2ccc(C4(CC(N)=O)CCC4)cc2)CC3)cc1. The number of benzene rings is 2. The van der Waals surface area contributed by atoms with Crippen LogP contribution < -0.4 is 15.4 Å². The zero-order valence-corrected chi connectivity index (χ0v) is 19.0. The van der Waals surface area contributed by atoms with Gasteiger partial charge in [-0.25, -0.2) is 4.68 Å². The summed E-state index contributed by atoms with van der Waals surface area (Å²) in [6.07, 6.45) is 3.85. The number of primary amides is 1. The molecular weight excluding hydrogens is 430 g/mol. The second kappa shape index (κ2) is 8.34. The molecule has 0 unspecified atom stereocenters. The summed E-state index contributed by atoms with van der Waals surface area (Å²) in [5.41, 5.74) is 9.20. The van der Waals surface area contributed by atoms with Gasteiger partial charge < -0.3 is 15.4 Å². The first-order chi connectivity index (χ1) is 16.5. The van der Waals surface area contributed by atoms with E-state index in [9.17, 15) is 14.9 Å². The summed E-state index contributed by atoms with van der Waals surface area (Å²) in [5, 5.41) is 14.0. The Hall–Kier alpha value is -4.12. The number of anilines is 1. The standard InChI is InChI=1S/C26H25N5O3/c1-34-20-9-7-19(8-10-20)31-24-21(22(16-27)29-31)11-14-30(25(24)33)18-5-3-17(4-6-18)26(12-2-13-26)15-23(28)32/h3-10H,2,11-15H2,1H3,(H2,28,32). The fourth-order valence-corrected chi connectivity index (χ4v) is 5.11. The topological polar surface area (TPSA) is 114 Å². The van der Waals surface area contributed by atoms with Gasteiger partial charge in [0, 0.05) is 29.6 Å². The highest BCUT2D eigenvalue weighted by molar-refractivity contribution is 6.07. The van der Waals surface area contributed by atoms with E-state index < -0.39 is 0 Å². The molecule has 0 bridgehead atoms. The van der Waals surface area contributed by atoms with Gasteiger partial charge in [0.05, 0.1) is 12.8 Å². The maximum atomic E-state index is 13.6. The highest BCUT2D eigenvalue weighted by Crippen LogP contribution is 2.46. The molecule has 34 heavy (non-hydrogen) atoms. The van der Waals surface area contributed by atoms with Gasteiger partial charge in [0.2, 0.25) is 5.91 Å². The van der Waals surface area contributed by atoms with Gasteiger partial charge in [-0.3, -0.25) is 9.59 Å². The minimum absolute atomic E-state index is 0.182. The third-order valence-electron chi connectivity index (χ3n) is 7.05. The van der Waals surface area contributed by atoms with Crippen LogP contribution in [0.5, 0.6) is 5.75 Å². The van der Waals surface area contributed by atoms with E-state index in [0.29, 0.717) is 42.1 Å². The Balaban J connectivity index is 1.48. The van der Waals surface area contributed by atoms with Crippen LogP contribution in [0.2, 0.25) is 0 Å². The molecule has 2 amide bonds. The third kappa shape index (κ3) is 3.50. The van der Waals surface area contributed by atoms with Crippen molar-refractivity contribution in [3.05, 3.63) is 71.0 Å². The van der Waals surface area contributed by atoms with Gasteiger partial charge in [-0.15, -0.1) is 0 Å². The molecule has 0 spiro atoms. The molecule has 0 atom stereocenters. The largest absolute Gasteiger partial charge is 0.497 e. The molecule has 8 heteroatoms. The van der Waals surface area contributed by atoms with Crippen LogP contribution in [0, 0.1) is 11.3 Å². The lowest BCUT2D eigenvalue weighted by Crippen LogP contribution is -2.39. The summed E-state index contributed by atoms with van der Waals surface area (Å²) in [6, 6.07) is 17.2. The Morgan fingerprint density at radius 1 is 1.15 bits per heavy atom. The number of aromatic nitrogens is 2. The molecule has 1 aromatic heterocycles. The second-order valence-corrected chi connectivity index (χ2v) is 8.93. The van der Waals surface area contributed by atoms with E-state index in [1.54, 1.807) is 28.8 Å². The van der Waals surface area contributed by atoms with Crippen molar-refractivity contribution in [1.29, 1.82) is 5.26 Å². The Morgan fingerprint density at radius 2 is 1.82 bits per heavy atom. The molecule has 5 rings (SSSR count). The average Bonchev–Trinajstić information content (AvgIpc) is 3.21. The zero-order valence-electron chi connectivity index (χ0n) is 19.0. The minimum atomic E-state index is -0.289. The van der Waals surface area contributed by atoms with Crippen LogP contribution in [-0.4, -0.2) is 35.2 Å². The van der Waals surface area contributed by atoms with Crippen molar-refractivity contribution < 1.29 is 14.3 Å². The number of nitrogens with zero attached hydrogens (tertiary/aromatic N) is 4. The smallest absolute Gasteiger partial charge is 0.277 e. The first-order valence-corrected chi connectivity index (χ1v) is 11.3. The molecule has 1 aliphatic heterocycles. The summed E-state index contributed by atoms with van der Waals surface area (Å²) < 4.78 is 6.77. The van der Waals surface area contributed by atoms with Gasteiger partial charge in [0.1, 0.15) is 17.5 Å². The predicted molar refractivity (Wildman–Crippen MR) is 126 cm³/mol. The fraction of sp³-hybridized carbons (Fsp3) is 0.308. The quantitative estimate of drug-likeness (QED) is 0.613. The number of rotatable bonds is 6. The zero-order chi connectivity index (χ0) is 23.9. The molecule has 1 aliphatic carbocycles. The van der Waals surface area contributed by atoms with Crippen LogP contribution in [-0.2, 0) is 16.6 Å². The van der Waals surface area contributed by atoms with Crippen molar-refractivity contribution in [2.24, 2.45) is 5.73 Å². The number of carbonyl (C=O) groups is 2. The Bertz CT molecular complexity index is 1300. The highest BCUT2D eigenvalue weighted by Gasteiger charge is 2.40. The molecule has 172 valence electrons. The lowest BCUT2D eigenvalue weighted by Gasteiger charge is -2.42. The Labute approximate surface area is 197 Å². The van der Waals surface area contributed by atoms with Gasteiger partial charge in [0.25, 0.3) is 5.91 Å². The number of hydrogen-bond donors (Lipinski definition) is 1. The summed E-state index contributed by atoms with van der Waals surface area (Å²) in [6.45, 7) is 0.459. The lowest BCUT2D eigenvalue weighted by atomic mass is 9.62. The molecule has 8 nitrogen and oxygen atoms in total. The Kier molecular flexibility index (Phi) is 5.33. The molecule has 1 saturated carbocycles. The van der Waals surface area contributed by atoms with Gasteiger partial charge in [-0.1, -0.05) is 18.6 Å². The molecule has 3 aromatic rings. The van der Waals surface area contributed by atoms with Gasteiger partial charge in [-0.2, -0.15) is 10.4 Å². The van der Waals surface area contributed by atoms with Crippen LogP contribution >= 0.6 is 0 Å². The van der Waals surface area contributed by atoms with E-state index in [-0.39, 0.29) is 22.9 Å². The molecule has 1 fully saturated rings. The number of fused-ring (bicyclic) bond motifs is 1. The number of methoxy groups -OCH3 is 1. The summed E-state index contributed by atoms with van der Waals surface area (Å²) in [4.78, 5) is 26.9. The van der Waals surface area contributed by atoms with E-state index in [1.165, 1.54) is 0 Å². The van der Waals surface area contributed by atoms with E-state index in [2.05, 4.69) is 11.2 Å². The maximum Gasteiger partial charge on any atom is 0.277 e. The minimum Gasteiger partial charge on any atom is -0.497 e. The van der Waals surface area contributed by atoms with Crippen molar-refractivity contribution >= 4 is 17.5 Å². The van der Waals surface area contributed by atoms with E-state index in [1.807, 2.05) is 36.4 Å². The van der Waals surface area contributed by atoms with E-state index >= 15 is 0 Å². The van der Waals surface area contributed by atoms with Crippen LogP contribution in [0.4, 0.5) is 5.69 Å².